The van der Waals surface area contributed by atoms with Crippen LogP contribution in [0.5, 0.6) is 11.5 Å². The number of hydrogen-bond donors (Lipinski definition) is 1. The van der Waals surface area contributed by atoms with Gasteiger partial charge in [0.05, 0.1) is 11.6 Å². The lowest BCUT2D eigenvalue weighted by Crippen LogP contribution is -1.99. The van der Waals surface area contributed by atoms with E-state index in [0.717, 1.165) is 5.69 Å². The van der Waals surface area contributed by atoms with E-state index < -0.39 is 0 Å². The Morgan fingerprint density at radius 3 is 2.28 bits per heavy atom. The Hall–Kier alpha value is -3.59. The number of Topliss-reactive ketones (excluding diaryl/α,β-unsaturated/α-hetero) is 1. The first-order chi connectivity index (χ1) is 12.1. The quantitative estimate of drug-likeness (QED) is 0.687. The number of nitrogens with zero attached hydrogens (tertiary/aromatic N) is 2. The number of benzene rings is 2. The summed E-state index contributed by atoms with van der Waals surface area (Å²) >= 11 is 0. The minimum atomic E-state index is -0.167. The molecule has 1 aromatic heterocycles. The van der Waals surface area contributed by atoms with Crippen molar-refractivity contribution in [1.29, 1.82) is 5.26 Å². The maximum absolute atomic E-state index is 11.6. The summed E-state index contributed by atoms with van der Waals surface area (Å²) in [5.74, 6) is 1.68. The van der Waals surface area contributed by atoms with Crippen molar-refractivity contribution in [3.05, 3.63) is 65.5 Å². The number of aromatic nitrogens is 1. The molecule has 0 radical (unpaired) electrons. The van der Waals surface area contributed by atoms with Crippen LogP contribution in [-0.4, -0.2) is 10.9 Å². The maximum atomic E-state index is 11.6. The average Bonchev–Trinajstić information content (AvgIpc) is 2.98. The zero-order chi connectivity index (χ0) is 17.8. The van der Waals surface area contributed by atoms with Crippen LogP contribution in [0.4, 0.5) is 11.4 Å². The molecule has 0 bridgehead atoms. The molecule has 0 amide bonds. The largest absolute Gasteiger partial charge is 0.457 e. The van der Waals surface area contributed by atoms with E-state index in [4.69, 9.17) is 14.5 Å². The van der Waals surface area contributed by atoms with Gasteiger partial charge in [0.15, 0.2) is 17.2 Å². The highest BCUT2D eigenvalue weighted by atomic mass is 16.5. The highest BCUT2D eigenvalue weighted by Crippen LogP contribution is 2.27. The highest BCUT2D eigenvalue weighted by molar-refractivity contribution is 5.98. The Kier molecular flexibility index (Phi) is 4.48. The molecule has 0 aliphatic rings. The van der Waals surface area contributed by atoms with E-state index >= 15 is 0 Å². The first-order valence-corrected chi connectivity index (χ1v) is 7.59. The number of nitrogens with one attached hydrogen (secondary N) is 1. The van der Waals surface area contributed by atoms with Crippen LogP contribution in [0.15, 0.2) is 53.1 Å². The first-order valence-electron chi connectivity index (χ1n) is 7.59. The normalized spacial score (nSPS) is 10.1. The summed E-state index contributed by atoms with van der Waals surface area (Å²) in [5.41, 5.74) is 2.20. The van der Waals surface area contributed by atoms with E-state index in [1.54, 1.807) is 43.3 Å². The smallest absolute Gasteiger partial charge is 0.183 e. The first kappa shape index (κ1) is 16.3. The van der Waals surface area contributed by atoms with Gasteiger partial charge in [-0.15, -0.1) is 0 Å². The van der Waals surface area contributed by atoms with Crippen molar-refractivity contribution in [3.8, 4) is 17.6 Å². The zero-order valence-corrected chi connectivity index (χ0v) is 13.7. The van der Waals surface area contributed by atoms with Crippen molar-refractivity contribution >= 4 is 17.2 Å². The number of aryl methyl sites for hydroxylation is 1. The molecule has 0 aliphatic carbocycles. The lowest BCUT2D eigenvalue weighted by Gasteiger charge is -2.08. The molecule has 0 saturated carbocycles. The monoisotopic (exact) mass is 333 g/mol. The van der Waals surface area contributed by atoms with E-state index in [-0.39, 0.29) is 11.5 Å². The number of anilines is 2. The Labute approximate surface area is 144 Å². The topological polar surface area (TPSA) is 88.2 Å². The van der Waals surface area contributed by atoms with Gasteiger partial charge in [-0.25, -0.2) is 0 Å². The summed E-state index contributed by atoms with van der Waals surface area (Å²) < 4.78 is 10.8. The van der Waals surface area contributed by atoms with E-state index in [9.17, 15) is 4.79 Å². The van der Waals surface area contributed by atoms with Gasteiger partial charge in [0.2, 0.25) is 0 Å². The standard InChI is InChI=1S/C19H15N3O3/c1-12(23)18-19(13(2)25-22-18)21-15-5-9-17(10-6-15)24-16-7-3-14(11-20)4-8-16/h3-10,21H,1-2H3. The molecule has 0 atom stereocenters. The predicted octanol–water partition coefficient (Wildman–Crippen LogP) is 4.59. The lowest BCUT2D eigenvalue weighted by atomic mass is 10.2. The van der Waals surface area contributed by atoms with Gasteiger partial charge in [-0.2, -0.15) is 5.26 Å². The number of nitriles is 1. The zero-order valence-electron chi connectivity index (χ0n) is 13.7. The van der Waals surface area contributed by atoms with Crippen molar-refractivity contribution in [3.63, 3.8) is 0 Å². The number of ketones is 1. The molecule has 25 heavy (non-hydrogen) atoms. The highest BCUT2D eigenvalue weighted by Gasteiger charge is 2.16. The second-order valence-electron chi connectivity index (χ2n) is 5.41. The lowest BCUT2D eigenvalue weighted by molar-refractivity contribution is 0.101. The summed E-state index contributed by atoms with van der Waals surface area (Å²) in [6, 6.07) is 16.2. The number of carbonyl (C=O) groups is 1. The fourth-order valence-corrected chi connectivity index (χ4v) is 2.24. The summed E-state index contributed by atoms with van der Waals surface area (Å²) in [4.78, 5) is 11.6. The van der Waals surface area contributed by atoms with Gasteiger partial charge in [0, 0.05) is 12.6 Å². The second-order valence-corrected chi connectivity index (χ2v) is 5.41. The van der Waals surface area contributed by atoms with Gasteiger partial charge in [0.25, 0.3) is 0 Å². The molecule has 0 unspecified atom stereocenters. The SMILES string of the molecule is CC(=O)c1noc(C)c1Nc1ccc(Oc2ccc(C#N)cc2)cc1. The molecule has 1 heterocycles. The third-order valence-corrected chi connectivity index (χ3v) is 3.54. The van der Waals surface area contributed by atoms with E-state index in [1.807, 2.05) is 12.1 Å². The van der Waals surface area contributed by atoms with E-state index in [1.165, 1.54) is 6.92 Å². The third-order valence-electron chi connectivity index (χ3n) is 3.54. The van der Waals surface area contributed by atoms with E-state index in [0.29, 0.717) is 28.5 Å². The minimum Gasteiger partial charge on any atom is -0.457 e. The van der Waals surface area contributed by atoms with Gasteiger partial charge >= 0.3 is 0 Å². The van der Waals surface area contributed by atoms with Gasteiger partial charge < -0.3 is 14.6 Å². The Bertz CT molecular complexity index is 936. The van der Waals surface area contributed by atoms with Crippen LogP contribution in [0.25, 0.3) is 0 Å². The van der Waals surface area contributed by atoms with Crippen molar-refractivity contribution in [2.75, 3.05) is 5.32 Å². The maximum Gasteiger partial charge on any atom is 0.183 e. The molecule has 2 aromatic carbocycles. The molecule has 3 rings (SSSR count). The van der Waals surface area contributed by atoms with Crippen molar-refractivity contribution in [2.45, 2.75) is 13.8 Å². The molecular formula is C19H15N3O3. The van der Waals surface area contributed by atoms with Gasteiger partial charge in [-0.3, -0.25) is 4.79 Å². The molecule has 6 nitrogen and oxygen atoms in total. The number of carbonyl (C=O) groups excluding carboxylic acids is 1. The molecule has 3 aromatic rings. The van der Waals surface area contributed by atoms with E-state index in [2.05, 4.69) is 16.5 Å². The van der Waals surface area contributed by atoms with Crippen LogP contribution < -0.4 is 10.1 Å². The molecule has 6 heteroatoms. The van der Waals surface area contributed by atoms with Crippen LogP contribution >= 0.6 is 0 Å². The fraction of sp³-hybridized carbons (Fsp3) is 0.105. The Balaban J connectivity index is 1.73. The number of rotatable bonds is 5. The number of ether oxygens (including phenoxy) is 1. The van der Waals surface area contributed by atoms with Crippen LogP contribution in [0.1, 0.15) is 28.7 Å². The Morgan fingerprint density at radius 2 is 1.72 bits per heavy atom. The molecular weight excluding hydrogens is 318 g/mol. The summed E-state index contributed by atoms with van der Waals surface area (Å²) in [6.45, 7) is 3.18. The molecule has 1 N–H and O–H groups in total. The number of hydrogen-bond acceptors (Lipinski definition) is 6. The van der Waals surface area contributed by atoms with Gasteiger partial charge in [0.1, 0.15) is 17.2 Å². The summed E-state index contributed by atoms with van der Waals surface area (Å²) in [6.07, 6.45) is 0. The Morgan fingerprint density at radius 1 is 1.12 bits per heavy atom. The fourth-order valence-electron chi connectivity index (χ4n) is 2.24. The molecule has 0 aliphatic heterocycles. The van der Waals surface area contributed by atoms with Crippen molar-refractivity contribution in [1.82, 2.24) is 5.16 Å². The van der Waals surface area contributed by atoms with Crippen LogP contribution in [0.3, 0.4) is 0 Å². The molecule has 0 saturated heterocycles. The van der Waals surface area contributed by atoms with Crippen LogP contribution in [-0.2, 0) is 0 Å². The van der Waals surface area contributed by atoms with Gasteiger partial charge in [-0.1, -0.05) is 5.16 Å². The van der Waals surface area contributed by atoms with Crippen molar-refractivity contribution in [2.24, 2.45) is 0 Å². The van der Waals surface area contributed by atoms with Gasteiger partial charge in [-0.05, 0) is 55.5 Å². The van der Waals surface area contributed by atoms with Crippen LogP contribution in [0, 0.1) is 18.3 Å². The average molecular weight is 333 g/mol. The predicted molar refractivity (Wildman–Crippen MR) is 92.2 cm³/mol. The second kappa shape index (κ2) is 6.89. The van der Waals surface area contributed by atoms with Crippen molar-refractivity contribution < 1.29 is 14.1 Å². The third kappa shape index (κ3) is 3.67. The molecule has 0 fully saturated rings. The minimum absolute atomic E-state index is 0.167. The molecule has 124 valence electrons. The summed E-state index contributed by atoms with van der Waals surface area (Å²) in [5, 5.41) is 15.7. The van der Waals surface area contributed by atoms with Crippen LogP contribution in [0.2, 0.25) is 0 Å². The molecule has 0 spiro atoms. The summed E-state index contributed by atoms with van der Waals surface area (Å²) in [7, 11) is 0.